The molecule has 2 aromatic carbocycles. The number of ether oxygens (including phenoxy) is 2. The number of rotatable bonds is 8. The second kappa shape index (κ2) is 10.2. The van der Waals surface area contributed by atoms with E-state index in [4.69, 9.17) is 9.47 Å². The van der Waals surface area contributed by atoms with Crippen molar-refractivity contribution in [3.8, 4) is 5.75 Å². The van der Waals surface area contributed by atoms with E-state index >= 15 is 0 Å². The first kappa shape index (κ1) is 27.0. The van der Waals surface area contributed by atoms with Gasteiger partial charge in [-0.15, -0.1) is 5.10 Å². The number of amides is 1. The van der Waals surface area contributed by atoms with E-state index in [0.717, 1.165) is 27.2 Å². The zero-order chi connectivity index (χ0) is 27.2. The lowest BCUT2D eigenvalue weighted by atomic mass is 9.82. The van der Waals surface area contributed by atoms with Crippen LogP contribution in [0, 0.1) is 5.92 Å². The van der Waals surface area contributed by atoms with Crippen molar-refractivity contribution < 1.29 is 19.4 Å². The first-order chi connectivity index (χ1) is 18.1. The van der Waals surface area contributed by atoms with Crippen molar-refractivity contribution in [1.29, 1.82) is 0 Å². The van der Waals surface area contributed by atoms with Crippen molar-refractivity contribution in [2.45, 2.75) is 56.7 Å². The molecule has 2 aliphatic heterocycles. The number of aromatic nitrogens is 3. The molecule has 1 spiro atoms. The fourth-order valence-electron chi connectivity index (χ4n) is 6.60. The van der Waals surface area contributed by atoms with Crippen molar-refractivity contribution in [3.63, 3.8) is 0 Å². The number of methoxy groups -OCH3 is 1. The third kappa shape index (κ3) is 4.31. The molecule has 8 nitrogen and oxygen atoms in total. The summed E-state index contributed by atoms with van der Waals surface area (Å²) in [6.45, 7) is 7.61. The van der Waals surface area contributed by atoms with Crippen LogP contribution in [-0.2, 0) is 28.1 Å². The summed E-state index contributed by atoms with van der Waals surface area (Å²) in [5, 5.41) is 19.0. The minimum atomic E-state index is -2.18. The van der Waals surface area contributed by atoms with Gasteiger partial charge < -0.3 is 19.5 Å². The van der Waals surface area contributed by atoms with Gasteiger partial charge in [0.25, 0.3) is 5.91 Å². The van der Waals surface area contributed by atoms with E-state index in [1.165, 1.54) is 5.19 Å². The molecule has 1 N–H and O–H groups in total. The van der Waals surface area contributed by atoms with Crippen molar-refractivity contribution in [2.75, 3.05) is 25.7 Å². The summed E-state index contributed by atoms with van der Waals surface area (Å²) in [5.74, 6) is 0.789. The number of hydrogen-bond acceptors (Lipinski definition) is 6. The van der Waals surface area contributed by atoms with E-state index < -0.39 is 13.7 Å². The first-order valence-electron chi connectivity index (χ1n) is 13.0. The molecular weight excluding hydrogens is 564 g/mol. The number of aliphatic hydroxyl groups excluding tert-OH is 1. The molecule has 1 saturated heterocycles. The predicted octanol–water partition coefficient (Wildman–Crippen LogP) is 3.87. The Hall–Kier alpha value is -2.53. The van der Waals surface area contributed by atoms with Crippen LogP contribution in [-0.4, -0.2) is 60.9 Å². The second-order valence-corrected chi connectivity index (χ2v) is 16.5. The molecule has 3 heterocycles. The molecule has 38 heavy (non-hydrogen) atoms. The van der Waals surface area contributed by atoms with Gasteiger partial charge in [-0.2, -0.15) is 0 Å². The van der Waals surface area contributed by atoms with E-state index in [9.17, 15) is 9.90 Å². The SMILES string of the molecule is COc1ccc([Si](C)(C)[C@@H]2[C@@H](CCn3cc(CCO)nn3)O[C@]3(C(=O)N(C)c4ccc(Br)cc43)[C@H]2C)cc1. The smallest absolute Gasteiger partial charge is 0.264 e. The number of likely N-dealkylation sites (N-methyl/N-ethyl adjacent to an activating group) is 1. The fourth-order valence-corrected chi connectivity index (χ4v) is 11.0. The Morgan fingerprint density at radius 3 is 2.63 bits per heavy atom. The van der Waals surface area contributed by atoms with Gasteiger partial charge in [0.05, 0.1) is 32.7 Å². The monoisotopic (exact) mass is 598 g/mol. The molecule has 0 saturated carbocycles. The molecular formula is C28H35BrN4O4Si. The van der Waals surface area contributed by atoms with Crippen molar-refractivity contribution >= 4 is 40.8 Å². The van der Waals surface area contributed by atoms with Gasteiger partial charge in [0.1, 0.15) is 5.75 Å². The maximum Gasteiger partial charge on any atom is 0.264 e. The summed E-state index contributed by atoms with van der Waals surface area (Å²) >= 11 is 3.63. The van der Waals surface area contributed by atoms with Gasteiger partial charge in [-0.05, 0) is 42.3 Å². The van der Waals surface area contributed by atoms with Crippen LogP contribution < -0.4 is 14.8 Å². The highest BCUT2D eigenvalue weighted by atomic mass is 79.9. The Morgan fingerprint density at radius 1 is 1.21 bits per heavy atom. The Balaban J connectivity index is 1.55. The van der Waals surface area contributed by atoms with E-state index in [1.54, 1.807) is 12.0 Å². The highest BCUT2D eigenvalue weighted by molar-refractivity contribution is 9.10. The average molecular weight is 600 g/mol. The van der Waals surface area contributed by atoms with Crippen LogP contribution in [0.5, 0.6) is 5.75 Å². The lowest BCUT2D eigenvalue weighted by Crippen LogP contribution is -2.51. The maximum absolute atomic E-state index is 14.0. The van der Waals surface area contributed by atoms with Gasteiger partial charge in [0.2, 0.25) is 0 Å². The lowest BCUT2D eigenvalue weighted by Gasteiger charge is -2.37. The molecule has 0 radical (unpaired) electrons. The Kier molecular flexibility index (Phi) is 7.27. The molecule has 1 aromatic heterocycles. The third-order valence-corrected chi connectivity index (χ3v) is 13.4. The van der Waals surface area contributed by atoms with E-state index in [-0.39, 0.29) is 30.1 Å². The van der Waals surface area contributed by atoms with Gasteiger partial charge >= 0.3 is 0 Å². The number of hydrogen-bond donors (Lipinski definition) is 1. The number of carbonyl (C=O) groups is 1. The van der Waals surface area contributed by atoms with Crippen LogP contribution in [0.1, 0.15) is 24.6 Å². The molecule has 0 unspecified atom stereocenters. The summed E-state index contributed by atoms with van der Waals surface area (Å²) < 4.78 is 15.2. The summed E-state index contributed by atoms with van der Waals surface area (Å²) in [7, 11) is 1.34. The molecule has 4 atom stereocenters. The average Bonchev–Trinajstić information content (AvgIpc) is 3.54. The molecule has 1 fully saturated rings. The van der Waals surface area contributed by atoms with Crippen molar-refractivity contribution in [3.05, 3.63) is 64.4 Å². The molecule has 3 aromatic rings. The largest absolute Gasteiger partial charge is 0.497 e. The van der Waals surface area contributed by atoms with Crippen LogP contribution in [0.15, 0.2) is 53.1 Å². The predicted molar refractivity (Wildman–Crippen MR) is 153 cm³/mol. The fraction of sp³-hybridized carbons (Fsp3) is 0.464. The summed E-state index contributed by atoms with van der Waals surface area (Å²) in [5.41, 5.74) is 1.73. The second-order valence-electron chi connectivity index (χ2n) is 10.9. The Labute approximate surface area is 233 Å². The van der Waals surface area contributed by atoms with Crippen LogP contribution in [0.2, 0.25) is 18.6 Å². The zero-order valence-corrected chi connectivity index (χ0v) is 25.1. The summed E-state index contributed by atoms with van der Waals surface area (Å²) in [6, 6.07) is 14.4. The molecule has 202 valence electrons. The number of anilines is 1. The topological polar surface area (TPSA) is 89.7 Å². The van der Waals surface area contributed by atoms with Gasteiger partial charge in [-0.25, -0.2) is 0 Å². The van der Waals surface area contributed by atoms with Crippen LogP contribution in [0.25, 0.3) is 0 Å². The number of halogens is 1. The number of fused-ring (bicyclic) bond motifs is 2. The van der Waals surface area contributed by atoms with Crippen LogP contribution in [0.4, 0.5) is 5.69 Å². The van der Waals surface area contributed by atoms with E-state index in [0.29, 0.717) is 19.4 Å². The van der Waals surface area contributed by atoms with Crippen LogP contribution >= 0.6 is 15.9 Å². The Morgan fingerprint density at radius 2 is 1.95 bits per heavy atom. The number of nitrogens with zero attached hydrogens (tertiary/aromatic N) is 4. The molecule has 0 bridgehead atoms. The van der Waals surface area contributed by atoms with E-state index in [2.05, 4.69) is 58.4 Å². The highest BCUT2D eigenvalue weighted by Gasteiger charge is 2.65. The van der Waals surface area contributed by atoms with Gasteiger partial charge in [-0.1, -0.05) is 58.5 Å². The van der Waals surface area contributed by atoms with Crippen LogP contribution in [0.3, 0.4) is 0 Å². The quantitative estimate of drug-likeness (QED) is 0.396. The summed E-state index contributed by atoms with van der Waals surface area (Å²) in [6.07, 6.45) is 2.91. The number of benzene rings is 2. The minimum Gasteiger partial charge on any atom is -0.497 e. The molecule has 2 aliphatic rings. The number of carbonyl (C=O) groups excluding carboxylic acids is 1. The number of aliphatic hydroxyl groups is 1. The molecule has 0 aliphatic carbocycles. The number of aryl methyl sites for hydroxylation is 1. The Bertz CT molecular complexity index is 1330. The van der Waals surface area contributed by atoms with Crippen molar-refractivity contribution in [2.24, 2.45) is 5.92 Å². The minimum absolute atomic E-state index is 0.00359. The molecule has 5 rings (SSSR count). The maximum atomic E-state index is 14.0. The lowest BCUT2D eigenvalue weighted by molar-refractivity contribution is -0.145. The third-order valence-electron chi connectivity index (χ3n) is 8.52. The van der Waals surface area contributed by atoms with Crippen molar-refractivity contribution in [1.82, 2.24) is 15.0 Å². The molecule has 10 heteroatoms. The standard InChI is InChI=1S/C28H35BrN4O4Si/c1-18-26(38(4,5)22-9-7-21(36-3)8-10-22)25(12-14-33-17-20(13-15-34)30-31-33)37-28(18)23-16-19(29)6-11-24(23)32(2)27(28)35/h6-11,16-18,25-26,34H,12-15H2,1-5H3/t18-,25+,26-,28+/m0/s1. The normalized spacial score (nSPS) is 24.9. The van der Waals surface area contributed by atoms with Gasteiger partial charge in [-0.3, -0.25) is 9.48 Å². The first-order valence-corrected chi connectivity index (χ1v) is 16.9. The van der Waals surface area contributed by atoms with Gasteiger partial charge in [0, 0.05) is 48.8 Å². The zero-order valence-electron chi connectivity index (χ0n) is 22.5. The van der Waals surface area contributed by atoms with E-state index in [1.807, 2.05) is 48.3 Å². The summed E-state index contributed by atoms with van der Waals surface area (Å²) in [4.78, 5) is 15.8. The van der Waals surface area contributed by atoms with Gasteiger partial charge in [0.15, 0.2) is 5.60 Å². The molecule has 1 amide bonds. The highest BCUT2D eigenvalue weighted by Crippen LogP contribution is 2.59.